The molecule has 3 heteroatoms. The summed E-state index contributed by atoms with van der Waals surface area (Å²) in [5.41, 5.74) is 1.60. The van der Waals surface area contributed by atoms with Crippen LogP contribution in [0.1, 0.15) is 32.3 Å². The highest BCUT2D eigenvalue weighted by atomic mass is 16.5. The van der Waals surface area contributed by atoms with Crippen molar-refractivity contribution >= 4 is 0 Å². The molecule has 106 valence electrons. The van der Waals surface area contributed by atoms with E-state index in [0.29, 0.717) is 6.04 Å². The molecule has 1 aromatic rings. The topological polar surface area (TPSA) is 30.5 Å². The Labute approximate surface area is 116 Å². The highest BCUT2D eigenvalue weighted by Gasteiger charge is 2.34. The van der Waals surface area contributed by atoms with Crippen LogP contribution in [0.2, 0.25) is 0 Å². The van der Waals surface area contributed by atoms with Crippen molar-refractivity contribution in [3.63, 3.8) is 0 Å². The molecule has 0 saturated carbocycles. The van der Waals surface area contributed by atoms with E-state index in [1.54, 1.807) is 7.11 Å². The van der Waals surface area contributed by atoms with E-state index < -0.39 is 0 Å². The van der Waals surface area contributed by atoms with E-state index in [0.717, 1.165) is 38.3 Å². The van der Waals surface area contributed by atoms with Crippen molar-refractivity contribution in [2.45, 2.75) is 38.1 Å². The second kappa shape index (κ2) is 6.40. The van der Waals surface area contributed by atoms with Gasteiger partial charge in [0.25, 0.3) is 0 Å². The highest BCUT2D eigenvalue weighted by Crippen LogP contribution is 2.35. The van der Waals surface area contributed by atoms with Crippen LogP contribution < -0.4 is 10.1 Å². The molecule has 3 nitrogen and oxygen atoms in total. The molecule has 1 saturated heterocycles. The Balaban J connectivity index is 2.19. The Morgan fingerprint density at radius 1 is 1.21 bits per heavy atom. The smallest absolute Gasteiger partial charge is 0.118 e. The fourth-order valence-electron chi connectivity index (χ4n) is 2.67. The summed E-state index contributed by atoms with van der Waals surface area (Å²) in [5, 5.41) is 3.60. The molecular weight excluding hydrogens is 238 g/mol. The zero-order valence-electron chi connectivity index (χ0n) is 12.2. The first kappa shape index (κ1) is 14.4. The molecule has 1 fully saturated rings. The minimum atomic E-state index is 0.203. The van der Waals surface area contributed by atoms with Gasteiger partial charge in [0.2, 0.25) is 0 Å². The molecule has 0 unspecified atom stereocenters. The second-order valence-electron chi connectivity index (χ2n) is 5.66. The van der Waals surface area contributed by atoms with Gasteiger partial charge in [-0.05, 0) is 30.5 Å². The summed E-state index contributed by atoms with van der Waals surface area (Å²) in [6, 6.07) is 9.03. The number of hydrogen-bond donors (Lipinski definition) is 1. The minimum absolute atomic E-state index is 0.203. The first-order valence-corrected chi connectivity index (χ1v) is 7.12. The Bertz CT molecular complexity index is 380. The maximum atomic E-state index is 5.55. The van der Waals surface area contributed by atoms with Crippen molar-refractivity contribution in [1.82, 2.24) is 5.32 Å². The Hall–Kier alpha value is -1.06. The van der Waals surface area contributed by atoms with Crippen molar-refractivity contribution in [1.29, 1.82) is 0 Å². The molecule has 0 bridgehead atoms. The molecule has 0 spiro atoms. The van der Waals surface area contributed by atoms with E-state index >= 15 is 0 Å². The van der Waals surface area contributed by atoms with Gasteiger partial charge >= 0.3 is 0 Å². The predicted molar refractivity (Wildman–Crippen MR) is 77.9 cm³/mol. The fraction of sp³-hybridized carbons (Fsp3) is 0.625. The zero-order chi connectivity index (χ0) is 13.7. The average Bonchev–Trinajstić information content (AvgIpc) is 2.46. The monoisotopic (exact) mass is 263 g/mol. The summed E-state index contributed by atoms with van der Waals surface area (Å²) >= 11 is 0. The van der Waals surface area contributed by atoms with Crippen molar-refractivity contribution < 1.29 is 9.47 Å². The van der Waals surface area contributed by atoms with Gasteiger partial charge in [0, 0.05) is 31.2 Å². The summed E-state index contributed by atoms with van der Waals surface area (Å²) in [6.07, 6.45) is 2.16. The van der Waals surface area contributed by atoms with Gasteiger partial charge in [-0.3, -0.25) is 0 Å². The van der Waals surface area contributed by atoms with E-state index in [-0.39, 0.29) is 5.41 Å². The van der Waals surface area contributed by atoms with Crippen molar-refractivity contribution in [3.8, 4) is 5.75 Å². The summed E-state index contributed by atoms with van der Waals surface area (Å²) in [6.45, 7) is 7.11. The number of methoxy groups -OCH3 is 1. The standard InChI is InChI=1S/C16H25NO2/c1-13(2)17-12-16(8-10-19-11-9-16)14-4-6-15(18-3)7-5-14/h4-7,13,17H,8-12H2,1-3H3. The van der Waals surface area contributed by atoms with Gasteiger partial charge in [0.15, 0.2) is 0 Å². The van der Waals surface area contributed by atoms with Crippen LogP contribution in [0.4, 0.5) is 0 Å². The molecule has 0 aromatic heterocycles. The third kappa shape index (κ3) is 3.48. The van der Waals surface area contributed by atoms with Gasteiger partial charge in [-0.15, -0.1) is 0 Å². The summed E-state index contributed by atoms with van der Waals surface area (Å²) in [7, 11) is 1.71. The largest absolute Gasteiger partial charge is 0.497 e. The predicted octanol–water partition coefficient (Wildman–Crippen LogP) is 2.74. The molecule has 1 aliphatic rings. The van der Waals surface area contributed by atoms with E-state index in [1.807, 2.05) is 0 Å². The van der Waals surface area contributed by atoms with Crippen LogP contribution in [-0.2, 0) is 10.2 Å². The molecule has 1 heterocycles. The lowest BCUT2D eigenvalue weighted by atomic mass is 9.74. The van der Waals surface area contributed by atoms with Crippen molar-refractivity contribution in [3.05, 3.63) is 29.8 Å². The Morgan fingerprint density at radius 2 is 1.84 bits per heavy atom. The molecule has 0 radical (unpaired) electrons. The molecule has 0 aliphatic carbocycles. The quantitative estimate of drug-likeness (QED) is 0.886. The highest BCUT2D eigenvalue weighted by molar-refractivity contribution is 5.33. The van der Waals surface area contributed by atoms with Gasteiger partial charge in [0.1, 0.15) is 5.75 Å². The zero-order valence-corrected chi connectivity index (χ0v) is 12.2. The third-order valence-electron chi connectivity index (χ3n) is 4.00. The van der Waals surface area contributed by atoms with Gasteiger partial charge < -0.3 is 14.8 Å². The van der Waals surface area contributed by atoms with Crippen LogP contribution >= 0.6 is 0 Å². The lowest BCUT2D eigenvalue weighted by molar-refractivity contribution is 0.0492. The fourth-order valence-corrected chi connectivity index (χ4v) is 2.67. The lowest BCUT2D eigenvalue weighted by Gasteiger charge is -2.38. The minimum Gasteiger partial charge on any atom is -0.497 e. The average molecular weight is 263 g/mol. The molecule has 1 N–H and O–H groups in total. The number of nitrogens with one attached hydrogen (secondary N) is 1. The van der Waals surface area contributed by atoms with Crippen molar-refractivity contribution in [2.75, 3.05) is 26.9 Å². The SMILES string of the molecule is COc1ccc(C2(CNC(C)C)CCOCC2)cc1. The first-order valence-electron chi connectivity index (χ1n) is 7.12. The van der Waals surface area contributed by atoms with E-state index in [9.17, 15) is 0 Å². The summed E-state index contributed by atoms with van der Waals surface area (Å²) < 4.78 is 10.8. The molecule has 0 amide bonds. The van der Waals surface area contributed by atoms with E-state index in [2.05, 4.69) is 43.4 Å². The maximum Gasteiger partial charge on any atom is 0.118 e. The maximum absolute atomic E-state index is 5.55. The Kier molecular flexibility index (Phi) is 4.83. The van der Waals surface area contributed by atoms with Crippen LogP contribution in [0.5, 0.6) is 5.75 Å². The number of benzene rings is 1. The van der Waals surface area contributed by atoms with Crippen molar-refractivity contribution in [2.24, 2.45) is 0 Å². The van der Waals surface area contributed by atoms with Crippen LogP contribution in [0, 0.1) is 0 Å². The summed E-state index contributed by atoms with van der Waals surface area (Å²) in [5.74, 6) is 0.919. The van der Waals surface area contributed by atoms with Gasteiger partial charge in [-0.2, -0.15) is 0 Å². The van der Waals surface area contributed by atoms with Crippen LogP contribution in [0.15, 0.2) is 24.3 Å². The van der Waals surface area contributed by atoms with Gasteiger partial charge in [0.05, 0.1) is 7.11 Å². The molecule has 2 rings (SSSR count). The number of rotatable bonds is 5. The molecule has 1 aromatic carbocycles. The molecule has 19 heavy (non-hydrogen) atoms. The Morgan fingerprint density at radius 3 is 2.37 bits per heavy atom. The van der Waals surface area contributed by atoms with Crippen LogP contribution in [0.25, 0.3) is 0 Å². The van der Waals surface area contributed by atoms with Gasteiger partial charge in [-0.1, -0.05) is 26.0 Å². The first-order chi connectivity index (χ1) is 9.16. The normalized spacial score (nSPS) is 18.5. The van der Waals surface area contributed by atoms with Crippen LogP contribution in [-0.4, -0.2) is 32.9 Å². The summed E-state index contributed by atoms with van der Waals surface area (Å²) in [4.78, 5) is 0. The van der Waals surface area contributed by atoms with Gasteiger partial charge in [-0.25, -0.2) is 0 Å². The molecule has 0 atom stereocenters. The van der Waals surface area contributed by atoms with E-state index in [1.165, 1.54) is 5.56 Å². The molecule has 1 aliphatic heterocycles. The lowest BCUT2D eigenvalue weighted by Crippen LogP contribution is -2.44. The van der Waals surface area contributed by atoms with Crippen LogP contribution in [0.3, 0.4) is 0 Å². The number of ether oxygens (including phenoxy) is 2. The number of hydrogen-bond acceptors (Lipinski definition) is 3. The molecular formula is C16H25NO2. The van der Waals surface area contributed by atoms with E-state index in [4.69, 9.17) is 9.47 Å². The second-order valence-corrected chi connectivity index (χ2v) is 5.66. The third-order valence-corrected chi connectivity index (χ3v) is 4.00.